The number of benzene rings is 2. The van der Waals surface area contributed by atoms with Gasteiger partial charge in [-0.3, -0.25) is 5.32 Å². The summed E-state index contributed by atoms with van der Waals surface area (Å²) in [5.41, 5.74) is 1.53. The molecule has 112 valence electrons. The highest BCUT2D eigenvalue weighted by molar-refractivity contribution is 5.64. The van der Waals surface area contributed by atoms with Crippen LogP contribution in [-0.2, 0) is 0 Å². The zero-order valence-corrected chi connectivity index (χ0v) is 11.6. The second-order valence-electron chi connectivity index (χ2n) is 5.31. The smallest absolute Gasteiger partial charge is 0.131 e. The Balaban J connectivity index is 1.90. The number of rotatable bonds is 3. The number of nitrogens with zero attached hydrogens (tertiary/aromatic N) is 1. The van der Waals surface area contributed by atoms with E-state index in [0.717, 1.165) is 23.8 Å². The standard InChI is InChI=1S/C17H13F3N2/c18-8-15-17(16(9-21)22-15)11-3-1-10(2-4-11)13-7-12(19)5-6-14(13)20/h1-7,15-17,22H,8H2/t15-,16-,17+/m0/s1. The summed E-state index contributed by atoms with van der Waals surface area (Å²) in [6.07, 6.45) is 0. The van der Waals surface area contributed by atoms with E-state index in [4.69, 9.17) is 5.26 Å². The van der Waals surface area contributed by atoms with Gasteiger partial charge in [-0.25, -0.2) is 13.2 Å². The van der Waals surface area contributed by atoms with Crippen LogP contribution in [0.15, 0.2) is 42.5 Å². The van der Waals surface area contributed by atoms with E-state index in [-0.39, 0.29) is 17.5 Å². The number of halogens is 3. The number of hydrogen-bond donors (Lipinski definition) is 1. The fourth-order valence-electron chi connectivity index (χ4n) is 2.84. The first kappa shape index (κ1) is 14.6. The fourth-order valence-corrected chi connectivity index (χ4v) is 2.84. The molecule has 0 unspecified atom stereocenters. The van der Waals surface area contributed by atoms with E-state index in [9.17, 15) is 13.2 Å². The minimum atomic E-state index is -0.552. The Hall–Kier alpha value is -2.32. The summed E-state index contributed by atoms with van der Waals surface area (Å²) in [6.45, 7) is -0.552. The predicted molar refractivity (Wildman–Crippen MR) is 76.8 cm³/mol. The molecule has 1 saturated heterocycles. The molecular weight excluding hydrogens is 289 g/mol. The summed E-state index contributed by atoms with van der Waals surface area (Å²) in [5, 5.41) is 11.8. The van der Waals surface area contributed by atoms with Crippen molar-refractivity contribution in [3.63, 3.8) is 0 Å². The third-order valence-electron chi connectivity index (χ3n) is 4.03. The highest BCUT2D eigenvalue weighted by Crippen LogP contribution is 2.33. The molecule has 5 heteroatoms. The van der Waals surface area contributed by atoms with Crippen LogP contribution in [0.25, 0.3) is 11.1 Å². The third kappa shape index (κ3) is 2.46. The predicted octanol–water partition coefficient (Wildman–Crippen LogP) is 3.55. The Morgan fingerprint density at radius 2 is 1.82 bits per heavy atom. The minimum absolute atomic E-state index is 0.178. The Kier molecular flexibility index (Phi) is 3.86. The van der Waals surface area contributed by atoms with Crippen LogP contribution in [0.3, 0.4) is 0 Å². The molecule has 2 aromatic carbocycles. The lowest BCUT2D eigenvalue weighted by atomic mass is 9.78. The van der Waals surface area contributed by atoms with Crippen molar-refractivity contribution in [2.24, 2.45) is 0 Å². The highest BCUT2D eigenvalue weighted by atomic mass is 19.1. The molecule has 1 aliphatic rings. The van der Waals surface area contributed by atoms with Crippen molar-refractivity contribution in [1.29, 1.82) is 5.26 Å². The fraction of sp³-hybridized carbons (Fsp3) is 0.235. The third-order valence-corrected chi connectivity index (χ3v) is 4.03. The van der Waals surface area contributed by atoms with Crippen molar-refractivity contribution in [2.75, 3.05) is 6.67 Å². The van der Waals surface area contributed by atoms with Crippen LogP contribution in [0.2, 0.25) is 0 Å². The lowest BCUT2D eigenvalue weighted by Crippen LogP contribution is -2.59. The Labute approximate surface area is 126 Å². The average molecular weight is 302 g/mol. The molecule has 2 nitrogen and oxygen atoms in total. The minimum Gasteiger partial charge on any atom is -0.295 e. The summed E-state index contributed by atoms with van der Waals surface area (Å²) in [5.74, 6) is -1.23. The maximum Gasteiger partial charge on any atom is 0.131 e. The van der Waals surface area contributed by atoms with Crippen molar-refractivity contribution in [1.82, 2.24) is 5.32 Å². The molecule has 0 amide bonds. The van der Waals surface area contributed by atoms with Crippen LogP contribution in [0, 0.1) is 23.0 Å². The Morgan fingerprint density at radius 1 is 1.09 bits per heavy atom. The van der Waals surface area contributed by atoms with E-state index in [2.05, 4.69) is 11.4 Å². The second kappa shape index (κ2) is 5.82. The molecule has 1 N–H and O–H groups in total. The van der Waals surface area contributed by atoms with Crippen molar-refractivity contribution < 1.29 is 13.2 Å². The van der Waals surface area contributed by atoms with E-state index in [1.807, 2.05) is 0 Å². The number of hydrogen-bond acceptors (Lipinski definition) is 2. The molecular formula is C17H13F3N2. The van der Waals surface area contributed by atoms with E-state index in [1.54, 1.807) is 24.3 Å². The summed E-state index contributed by atoms with van der Waals surface area (Å²) in [7, 11) is 0. The lowest BCUT2D eigenvalue weighted by Gasteiger charge is -2.41. The van der Waals surface area contributed by atoms with E-state index in [0.29, 0.717) is 5.56 Å². The molecule has 1 aliphatic heterocycles. The average Bonchev–Trinajstić information content (AvgIpc) is 2.50. The van der Waals surface area contributed by atoms with E-state index in [1.165, 1.54) is 0 Å². The molecule has 22 heavy (non-hydrogen) atoms. The monoisotopic (exact) mass is 302 g/mol. The van der Waals surface area contributed by atoms with Gasteiger partial charge in [0.05, 0.1) is 6.07 Å². The zero-order chi connectivity index (χ0) is 15.7. The van der Waals surface area contributed by atoms with Crippen LogP contribution in [0.4, 0.5) is 13.2 Å². The molecule has 1 heterocycles. The van der Waals surface area contributed by atoms with Crippen molar-refractivity contribution >= 4 is 0 Å². The SMILES string of the molecule is N#C[C@@H]1N[C@@H](CF)[C@H]1c1ccc(-c2cc(F)ccc2F)cc1. The number of nitrogens with one attached hydrogen (secondary N) is 1. The van der Waals surface area contributed by atoms with Gasteiger partial charge >= 0.3 is 0 Å². The number of nitriles is 1. The van der Waals surface area contributed by atoms with Gasteiger partial charge < -0.3 is 0 Å². The van der Waals surface area contributed by atoms with Gasteiger partial charge in [0, 0.05) is 17.5 Å². The Bertz CT molecular complexity index is 722. The highest BCUT2D eigenvalue weighted by Gasteiger charge is 2.41. The lowest BCUT2D eigenvalue weighted by molar-refractivity contribution is 0.210. The van der Waals surface area contributed by atoms with E-state index >= 15 is 0 Å². The van der Waals surface area contributed by atoms with Gasteiger partial charge in [0.15, 0.2) is 0 Å². The van der Waals surface area contributed by atoms with Gasteiger partial charge in [-0.1, -0.05) is 24.3 Å². The first-order valence-corrected chi connectivity index (χ1v) is 6.91. The summed E-state index contributed by atoms with van der Waals surface area (Å²) >= 11 is 0. The van der Waals surface area contributed by atoms with Crippen molar-refractivity contribution in [2.45, 2.75) is 18.0 Å². The molecule has 1 fully saturated rings. The summed E-state index contributed by atoms with van der Waals surface area (Å²) in [6, 6.07) is 11.4. The van der Waals surface area contributed by atoms with Crippen LogP contribution in [0.1, 0.15) is 11.5 Å². The van der Waals surface area contributed by atoms with Gasteiger partial charge in [0.2, 0.25) is 0 Å². The second-order valence-corrected chi connectivity index (χ2v) is 5.31. The molecule has 0 bridgehead atoms. The van der Waals surface area contributed by atoms with Crippen LogP contribution in [0.5, 0.6) is 0 Å². The van der Waals surface area contributed by atoms with Crippen molar-refractivity contribution in [3.05, 3.63) is 59.7 Å². The maximum absolute atomic E-state index is 13.8. The van der Waals surface area contributed by atoms with Gasteiger partial charge in [0.1, 0.15) is 24.4 Å². The quantitative estimate of drug-likeness (QED) is 0.941. The molecule has 0 saturated carbocycles. The number of alkyl halides is 1. The largest absolute Gasteiger partial charge is 0.295 e. The van der Waals surface area contributed by atoms with Gasteiger partial charge in [-0.15, -0.1) is 0 Å². The van der Waals surface area contributed by atoms with Crippen LogP contribution >= 0.6 is 0 Å². The first-order valence-electron chi connectivity index (χ1n) is 6.91. The first-order chi connectivity index (χ1) is 10.6. The summed E-state index contributed by atoms with van der Waals surface area (Å²) in [4.78, 5) is 0. The van der Waals surface area contributed by atoms with Gasteiger partial charge in [-0.05, 0) is 29.3 Å². The topological polar surface area (TPSA) is 35.8 Å². The molecule has 0 aliphatic carbocycles. The van der Waals surface area contributed by atoms with Crippen molar-refractivity contribution in [3.8, 4) is 17.2 Å². The maximum atomic E-state index is 13.8. The van der Waals surface area contributed by atoms with Crippen LogP contribution < -0.4 is 5.32 Å². The molecule has 0 spiro atoms. The Morgan fingerprint density at radius 3 is 2.45 bits per heavy atom. The molecule has 0 aromatic heterocycles. The molecule has 0 radical (unpaired) electrons. The molecule has 3 rings (SSSR count). The summed E-state index contributed by atoms with van der Waals surface area (Å²) < 4.78 is 39.9. The van der Waals surface area contributed by atoms with Gasteiger partial charge in [-0.2, -0.15) is 5.26 Å². The zero-order valence-electron chi connectivity index (χ0n) is 11.6. The van der Waals surface area contributed by atoms with Gasteiger partial charge in [0.25, 0.3) is 0 Å². The molecule has 2 aromatic rings. The normalized spacial score (nSPS) is 23.6. The van der Waals surface area contributed by atoms with E-state index < -0.39 is 24.4 Å². The molecule has 3 atom stereocenters. The van der Waals surface area contributed by atoms with Crippen LogP contribution in [-0.4, -0.2) is 18.8 Å².